The molecule has 1 atom stereocenters. The number of nitrogens with zero attached hydrogens (tertiary/aromatic N) is 4. The first-order valence-electron chi connectivity index (χ1n) is 8.98. The molecular formula is C21H17N5OS. The van der Waals surface area contributed by atoms with E-state index >= 15 is 0 Å². The number of thioether (sulfide) groups is 1. The van der Waals surface area contributed by atoms with Crippen molar-refractivity contribution < 1.29 is 4.79 Å². The van der Waals surface area contributed by atoms with Gasteiger partial charge in [0.1, 0.15) is 5.82 Å². The minimum Gasteiger partial charge on any atom is -0.309 e. The molecule has 1 amide bonds. The number of aromatic nitrogens is 4. The Morgan fingerprint density at radius 1 is 1.07 bits per heavy atom. The molecule has 1 N–H and O–H groups in total. The van der Waals surface area contributed by atoms with Gasteiger partial charge in [-0.05, 0) is 29.3 Å². The second-order valence-corrected chi connectivity index (χ2v) is 7.71. The Balaban J connectivity index is 1.75. The summed E-state index contributed by atoms with van der Waals surface area (Å²) in [5, 5.41) is 10.0. The summed E-state index contributed by atoms with van der Waals surface area (Å²) >= 11 is 1.62. The third kappa shape index (κ3) is 2.75. The zero-order chi connectivity index (χ0) is 19.1. The number of fused-ring (bicyclic) bond motifs is 2. The lowest BCUT2D eigenvalue weighted by Gasteiger charge is -2.17. The van der Waals surface area contributed by atoms with Crippen molar-refractivity contribution in [2.24, 2.45) is 0 Å². The molecule has 1 aliphatic rings. The minimum absolute atomic E-state index is 0.0162. The summed E-state index contributed by atoms with van der Waals surface area (Å²) in [4.78, 5) is 21.1. The molecule has 2 aromatic carbocycles. The molecule has 7 heteroatoms. The average molecular weight is 387 g/mol. The molecule has 28 heavy (non-hydrogen) atoms. The molecule has 4 aromatic rings. The molecule has 138 valence electrons. The Morgan fingerprint density at radius 3 is 2.71 bits per heavy atom. The summed E-state index contributed by atoms with van der Waals surface area (Å²) in [6.07, 6.45) is 3.34. The Labute approximate surface area is 166 Å². The molecule has 5 rings (SSSR count). The molecule has 6 nitrogen and oxygen atoms in total. The van der Waals surface area contributed by atoms with Crippen molar-refractivity contribution in [1.29, 1.82) is 0 Å². The highest BCUT2D eigenvalue weighted by molar-refractivity contribution is 8.00. The molecule has 0 saturated heterocycles. The van der Waals surface area contributed by atoms with Gasteiger partial charge in [-0.25, -0.2) is 9.97 Å². The van der Waals surface area contributed by atoms with Crippen LogP contribution in [0.4, 0.5) is 5.82 Å². The van der Waals surface area contributed by atoms with Crippen LogP contribution in [0.3, 0.4) is 0 Å². The molecule has 0 spiro atoms. The van der Waals surface area contributed by atoms with Crippen molar-refractivity contribution in [3.63, 3.8) is 0 Å². The molecule has 3 heterocycles. The van der Waals surface area contributed by atoms with Gasteiger partial charge in [-0.3, -0.25) is 4.79 Å². The second kappa shape index (κ2) is 6.76. The van der Waals surface area contributed by atoms with Crippen LogP contribution >= 0.6 is 11.8 Å². The first kappa shape index (κ1) is 16.9. The number of amides is 1. The topological polar surface area (TPSA) is 72.7 Å². The number of hydrogen-bond donors (Lipinski definition) is 1. The maximum Gasteiger partial charge on any atom is 0.252 e. The largest absolute Gasteiger partial charge is 0.309 e. The van der Waals surface area contributed by atoms with E-state index in [1.807, 2.05) is 19.1 Å². The van der Waals surface area contributed by atoms with E-state index in [-0.39, 0.29) is 11.2 Å². The predicted molar refractivity (Wildman–Crippen MR) is 111 cm³/mol. The molecule has 0 unspecified atom stereocenters. The Morgan fingerprint density at radius 2 is 1.86 bits per heavy atom. The Hall–Kier alpha value is -3.19. The predicted octanol–water partition coefficient (Wildman–Crippen LogP) is 3.90. The summed E-state index contributed by atoms with van der Waals surface area (Å²) in [6.45, 7) is 1.97. The first-order chi connectivity index (χ1) is 13.7. The van der Waals surface area contributed by atoms with Crippen LogP contribution in [-0.2, 0) is 4.79 Å². The van der Waals surface area contributed by atoms with E-state index in [9.17, 15) is 4.79 Å². The van der Waals surface area contributed by atoms with Crippen LogP contribution in [0.1, 0.15) is 22.1 Å². The fourth-order valence-corrected chi connectivity index (χ4v) is 4.88. The van der Waals surface area contributed by atoms with Gasteiger partial charge in [0.15, 0.2) is 0 Å². The number of nitrogens with one attached hydrogen (secondary N) is 1. The van der Waals surface area contributed by atoms with Gasteiger partial charge in [-0.2, -0.15) is 9.78 Å². The standard InChI is InChI=1S/C21H17N5OS/c1-13-18-19(16-9-4-7-14-6-2-3-8-15(14)16)28-12-17(27)24-20(18)26(25-13)21-22-10-5-11-23-21/h2-11,19H,12H2,1H3,(H,24,27)/t19-/m0/s1. The summed E-state index contributed by atoms with van der Waals surface area (Å²) < 4.78 is 1.63. The normalized spacial score (nSPS) is 16.5. The molecule has 0 bridgehead atoms. The molecule has 0 saturated carbocycles. The van der Waals surface area contributed by atoms with Crippen molar-refractivity contribution >= 4 is 34.3 Å². The van der Waals surface area contributed by atoms with Crippen molar-refractivity contribution in [2.45, 2.75) is 12.2 Å². The number of benzene rings is 2. The van der Waals surface area contributed by atoms with E-state index in [2.05, 4.69) is 50.7 Å². The van der Waals surface area contributed by atoms with Crippen LogP contribution in [-0.4, -0.2) is 31.4 Å². The van der Waals surface area contributed by atoms with Crippen molar-refractivity contribution in [3.8, 4) is 5.95 Å². The molecule has 2 aromatic heterocycles. The highest BCUT2D eigenvalue weighted by atomic mass is 32.2. The summed E-state index contributed by atoms with van der Waals surface area (Å²) in [7, 11) is 0. The van der Waals surface area contributed by atoms with E-state index in [0.29, 0.717) is 17.5 Å². The molecule has 1 aliphatic heterocycles. The van der Waals surface area contributed by atoms with Crippen molar-refractivity contribution in [2.75, 3.05) is 11.1 Å². The monoisotopic (exact) mass is 387 g/mol. The van der Waals surface area contributed by atoms with Crippen molar-refractivity contribution in [1.82, 2.24) is 19.7 Å². The van der Waals surface area contributed by atoms with Crippen LogP contribution in [0.25, 0.3) is 16.7 Å². The third-order valence-electron chi connectivity index (χ3n) is 4.86. The highest BCUT2D eigenvalue weighted by Gasteiger charge is 2.31. The average Bonchev–Trinajstić information content (AvgIpc) is 2.94. The molecule has 0 aliphatic carbocycles. The van der Waals surface area contributed by atoms with Crippen LogP contribution < -0.4 is 5.32 Å². The van der Waals surface area contributed by atoms with Gasteiger partial charge in [0.25, 0.3) is 5.95 Å². The van der Waals surface area contributed by atoms with Crippen molar-refractivity contribution in [3.05, 3.63) is 77.7 Å². The van der Waals surface area contributed by atoms with E-state index in [1.165, 1.54) is 16.3 Å². The lowest BCUT2D eigenvalue weighted by Crippen LogP contribution is -2.16. The quantitative estimate of drug-likeness (QED) is 0.565. The summed E-state index contributed by atoms with van der Waals surface area (Å²) in [5.74, 6) is 1.41. The van der Waals surface area contributed by atoms with Crippen LogP contribution in [0.2, 0.25) is 0 Å². The van der Waals surface area contributed by atoms with Gasteiger partial charge >= 0.3 is 0 Å². The molecular weight excluding hydrogens is 370 g/mol. The third-order valence-corrected chi connectivity index (χ3v) is 6.11. The van der Waals surface area contributed by atoms with E-state index < -0.39 is 0 Å². The Bertz CT molecular complexity index is 1180. The smallest absolute Gasteiger partial charge is 0.252 e. The van der Waals surface area contributed by atoms with E-state index in [0.717, 1.165) is 11.3 Å². The number of aryl methyl sites for hydroxylation is 1. The van der Waals surface area contributed by atoms with Gasteiger partial charge in [0, 0.05) is 18.0 Å². The minimum atomic E-state index is -0.0499. The summed E-state index contributed by atoms with van der Waals surface area (Å²) in [5.41, 5.74) is 3.03. The van der Waals surface area contributed by atoms with Gasteiger partial charge in [-0.1, -0.05) is 42.5 Å². The number of carbonyl (C=O) groups is 1. The zero-order valence-electron chi connectivity index (χ0n) is 15.2. The van der Waals surface area contributed by atoms with Gasteiger partial charge in [0.05, 0.1) is 16.7 Å². The fraction of sp³-hybridized carbons (Fsp3) is 0.143. The maximum atomic E-state index is 12.5. The lowest BCUT2D eigenvalue weighted by molar-refractivity contribution is -0.113. The fourth-order valence-electron chi connectivity index (χ4n) is 3.65. The van der Waals surface area contributed by atoms with Gasteiger partial charge < -0.3 is 5.32 Å². The SMILES string of the molecule is Cc1nn(-c2ncccn2)c2c1[C@H](c1cccc3ccccc13)SCC(=O)N2. The number of carbonyl (C=O) groups excluding carboxylic acids is 1. The summed E-state index contributed by atoms with van der Waals surface area (Å²) in [6, 6.07) is 16.4. The second-order valence-electron chi connectivity index (χ2n) is 6.62. The van der Waals surface area contributed by atoms with Gasteiger partial charge in [-0.15, -0.1) is 11.8 Å². The highest BCUT2D eigenvalue weighted by Crippen LogP contribution is 2.45. The van der Waals surface area contributed by atoms with Crippen LogP contribution in [0, 0.1) is 6.92 Å². The molecule has 0 fully saturated rings. The molecule has 0 radical (unpaired) electrons. The zero-order valence-corrected chi connectivity index (χ0v) is 16.0. The number of anilines is 1. The van der Waals surface area contributed by atoms with E-state index in [4.69, 9.17) is 0 Å². The van der Waals surface area contributed by atoms with Crippen LogP contribution in [0.5, 0.6) is 0 Å². The van der Waals surface area contributed by atoms with Crippen LogP contribution in [0.15, 0.2) is 60.9 Å². The van der Waals surface area contributed by atoms with Gasteiger partial charge in [0.2, 0.25) is 5.91 Å². The number of rotatable bonds is 2. The first-order valence-corrected chi connectivity index (χ1v) is 10.0. The maximum absolute atomic E-state index is 12.5. The lowest BCUT2D eigenvalue weighted by atomic mass is 9.98. The number of hydrogen-bond acceptors (Lipinski definition) is 5. The van der Waals surface area contributed by atoms with E-state index in [1.54, 1.807) is 34.9 Å². The Kier molecular flexibility index (Phi) is 4.09.